The van der Waals surface area contributed by atoms with Crippen molar-refractivity contribution in [3.8, 4) is 0 Å². The van der Waals surface area contributed by atoms with Crippen molar-refractivity contribution < 1.29 is 4.42 Å². The third-order valence-corrected chi connectivity index (χ3v) is 4.33. The zero-order valence-electron chi connectivity index (χ0n) is 10.3. The molecule has 0 amide bonds. The van der Waals surface area contributed by atoms with Gasteiger partial charge in [-0.3, -0.25) is 0 Å². The lowest BCUT2D eigenvalue weighted by atomic mass is 10.1. The van der Waals surface area contributed by atoms with E-state index in [2.05, 4.69) is 20.9 Å². The Morgan fingerprint density at radius 3 is 2.80 bits per heavy atom. The number of para-hydroxylation sites is 2. The maximum atomic E-state index is 6.46. The molecule has 0 radical (unpaired) electrons. The number of aromatic nitrogens is 1. The van der Waals surface area contributed by atoms with Gasteiger partial charge in [0.1, 0.15) is 5.52 Å². The predicted octanol–water partition coefficient (Wildman–Crippen LogP) is 5.77. The number of rotatable bonds is 3. The van der Waals surface area contributed by atoms with Crippen LogP contribution in [0, 0.1) is 0 Å². The van der Waals surface area contributed by atoms with Crippen LogP contribution >= 0.6 is 39.1 Å². The first kappa shape index (κ1) is 13.9. The molecule has 0 N–H and O–H groups in total. The van der Waals surface area contributed by atoms with E-state index in [-0.39, 0.29) is 5.38 Å². The van der Waals surface area contributed by atoms with Gasteiger partial charge >= 0.3 is 0 Å². The number of alkyl halides is 1. The van der Waals surface area contributed by atoms with Crippen LogP contribution in [0.1, 0.15) is 16.8 Å². The molecule has 0 saturated carbocycles. The zero-order valence-corrected chi connectivity index (χ0v) is 13.4. The monoisotopic (exact) mass is 369 g/mol. The van der Waals surface area contributed by atoms with Crippen molar-refractivity contribution in [2.24, 2.45) is 0 Å². The van der Waals surface area contributed by atoms with Gasteiger partial charge in [-0.05, 0) is 35.9 Å². The lowest BCUT2D eigenvalue weighted by Crippen LogP contribution is -1.97. The van der Waals surface area contributed by atoms with Crippen LogP contribution in [0.5, 0.6) is 0 Å². The molecule has 3 aromatic rings. The number of nitrogens with zero attached hydrogens (tertiary/aromatic N) is 1. The van der Waals surface area contributed by atoms with Crippen LogP contribution in [0.15, 0.2) is 51.4 Å². The smallest absolute Gasteiger partial charge is 0.197 e. The van der Waals surface area contributed by atoms with Gasteiger partial charge in [0, 0.05) is 15.9 Å². The Labute approximate surface area is 134 Å². The minimum absolute atomic E-state index is 0.254. The molecule has 0 aliphatic rings. The van der Waals surface area contributed by atoms with E-state index >= 15 is 0 Å². The fourth-order valence-electron chi connectivity index (χ4n) is 2.03. The molecule has 1 heterocycles. The summed E-state index contributed by atoms with van der Waals surface area (Å²) < 4.78 is 6.62. The molecule has 2 nitrogen and oxygen atoms in total. The number of oxazole rings is 1. The second-order valence-corrected chi connectivity index (χ2v) is 6.23. The average Bonchev–Trinajstić information content (AvgIpc) is 2.83. The van der Waals surface area contributed by atoms with E-state index in [0.717, 1.165) is 21.1 Å². The summed E-state index contributed by atoms with van der Waals surface area (Å²) in [6.45, 7) is 0. The van der Waals surface area contributed by atoms with E-state index in [1.165, 1.54) is 0 Å². The highest BCUT2D eigenvalue weighted by Gasteiger charge is 2.16. The van der Waals surface area contributed by atoms with Gasteiger partial charge in [0.2, 0.25) is 0 Å². The zero-order chi connectivity index (χ0) is 14.1. The Bertz CT molecular complexity index is 723. The number of benzene rings is 2. The topological polar surface area (TPSA) is 26.0 Å². The molecule has 0 bridgehead atoms. The molecule has 0 aliphatic heterocycles. The molecular weight excluding hydrogens is 361 g/mol. The molecule has 0 fully saturated rings. The predicted molar refractivity (Wildman–Crippen MR) is 85.5 cm³/mol. The van der Waals surface area contributed by atoms with Gasteiger partial charge in [-0.25, -0.2) is 4.98 Å². The van der Waals surface area contributed by atoms with Gasteiger partial charge < -0.3 is 4.42 Å². The van der Waals surface area contributed by atoms with Gasteiger partial charge in [0.05, 0.1) is 5.38 Å². The Hall–Kier alpha value is -1.03. The van der Waals surface area contributed by atoms with E-state index in [1.54, 1.807) is 0 Å². The highest BCUT2D eigenvalue weighted by Crippen LogP contribution is 2.33. The van der Waals surface area contributed by atoms with Crippen LogP contribution in [0.2, 0.25) is 5.02 Å². The third kappa shape index (κ3) is 2.85. The second-order valence-electron chi connectivity index (χ2n) is 4.41. The van der Waals surface area contributed by atoms with Gasteiger partial charge in [-0.1, -0.05) is 39.7 Å². The molecule has 2 aromatic carbocycles. The van der Waals surface area contributed by atoms with Crippen LogP contribution in [-0.2, 0) is 6.42 Å². The first-order valence-electron chi connectivity index (χ1n) is 6.07. The van der Waals surface area contributed by atoms with E-state index in [0.29, 0.717) is 17.3 Å². The van der Waals surface area contributed by atoms with Crippen molar-refractivity contribution in [2.75, 3.05) is 0 Å². The van der Waals surface area contributed by atoms with Crippen molar-refractivity contribution in [3.05, 3.63) is 63.4 Å². The lowest BCUT2D eigenvalue weighted by Gasteiger charge is -2.10. The summed E-state index contributed by atoms with van der Waals surface area (Å²) in [5.74, 6) is 0.623. The lowest BCUT2D eigenvalue weighted by molar-refractivity contribution is 0.525. The largest absolute Gasteiger partial charge is 0.441 e. The third-order valence-electron chi connectivity index (χ3n) is 2.99. The van der Waals surface area contributed by atoms with Crippen molar-refractivity contribution >= 4 is 50.2 Å². The van der Waals surface area contributed by atoms with Crippen LogP contribution in [0.25, 0.3) is 11.1 Å². The Morgan fingerprint density at radius 1 is 1.20 bits per heavy atom. The fraction of sp³-hybridized carbons (Fsp3) is 0.133. The molecule has 0 spiro atoms. The summed E-state index contributed by atoms with van der Waals surface area (Å²) in [6, 6.07) is 13.2. The van der Waals surface area contributed by atoms with Gasteiger partial charge in [0.25, 0.3) is 0 Å². The Balaban J connectivity index is 1.88. The highest BCUT2D eigenvalue weighted by atomic mass is 79.9. The first-order chi connectivity index (χ1) is 9.63. The summed E-state index contributed by atoms with van der Waals surface area (Å²) in [7, 11) is 0. The Morgan fingerprint density at radius 2 is 2.00 bits per heavy atom. The summed E-state index contributed by atoms with van der Waals surface area (Å²) in [4.78, 5) is 4.43. The van der Waals surface area contributed by atoms with Crippen LogP contribution in [0.4, 0.5) is 0 Å². The summed E-state index contributed by atoms with van der Waals surface area (Å²) >= 11 is 16.0. The molecule has 0 aliphatic carbocycles. The molecule has 1 unspecified atom stereocenters. The maximum absolute atomic E-state index is 6.46. The standard InChI is InChI=1S/C15H10BrCl2NO/c16-11-6-5-9(17)7-10(11)12(18)8-15-19-13-3-1-2-4-14(13)20-15/h1-7,12H,8H2. The van der Waals surface area contributed by atoms with Crippen LogP contribution < -0.4 is 0 Å². The van der Waals surface area contributed by atoms with E-state index in [9.17, 15) is 0 Å². The highest BCUT2D eigenvalue weighted by molar-refractivity contribution is 9.10. The molecule has 102 valence electrons. The normalized spacial score (nSPS) is 12.8. The molecule has 3 rings (SSSR count). The molecule has 20 heavy (non-hydrogen) atoms. The molecule has 5 heteroatoms. The Kier molecular flexibility index (Phi) is 4.01. The van der Waals surface area contributed by atoms with Crippen molar-refractivity contribution in [2.45, 2.75) is 11.8 Å². The van der Waals surface area contributed by atoms with Gasteiger partial charge in [0.15, 0.2) is 11.5 Å². The number of fused-ring (bicyclic) bond motifs is 1. The average molecular weight is 371 g/mol. The number of hydrogen-bond donors (Lipinski definition) is 0. The molecule has 1 aromatic heterocycles. The minimum Gasteiger partial charge on any atom is -0.441 e. The summed E-state index contributed by atoms with van der Waals surface area (Å²) in [5, 5.41) is 0.405. The fourth-order valence-corrected chi connectivity index (χ4v) is 3.17. The SMILES string of the molecule is Clc1ccc(Br)c(C(Cl)Cc2nc3ccccc3o2)c1. The van der Waals surface area contributed by atoms with Gasteiger partial charge in [-0.15, -0.1) is 11.6 Å². The maximum Gasteiger partial charge on any atom is 0.197 e. The quantitative estimate of drug-likeness (QED) is 0.547. The minimum atomic E-state index is -0.254. The molecule has 0 saturated heterocycles. The number of hydrogen-bond acceptors (Lipinski definition) is 2. The van der Waals surface area contributed by atoms with Crippen LogP contribution in [0.3, 0.4) is 0 Å². The van der Waals surface area contributed by atoms with Gasteiger partial charge in [-0.2, -0.15) is 0 Å². The second kappa shape index (κ2) is 5.76. The molecular formula is C15H10BrCl2NO. The van der Waals surface area contributed by atoms with E-state index < -0.39 is 0 Å². The number of halogens is 3. The van der Waals surface area contributed by atoms with Crippen LogP contribution in [-0.4, -0.2) is 4.98 Å². The summed E-state index contributed by atoms with van der Waals surface area (Å²) in [6.07, 6.45) is 0.509. The van der Waals surface area contributed by atoms with Crippen molar-refractivity contribution in [3.63, 3.8) is 0 Å². The van der Waals surface area contributed by atoms with E-state index in [4.69, 9.17) is 27.6 Å². The first-order valence-corrected chi connectivity index (χ1v) is 7.67. The summed E-state index contributed by atoms with van der Waals surface area (Å²) in [5.41, 5.74) is 2.55. The van der Waals surface area contributed by atoms with E-state index in [1.807, 2.05) is 42.5 Å². The van der Waals surface area contributed by atoms with Crippen molar-refractivity contribution in [1.82, 2.24) is 4.98 Å². The molecule has 1 atom stereocenters. The van der Waals surface area contributed by atoms with Crippen molar-refractivity contribution in [1.29, 1.82) is 0 Å².